The zero-order valence-electron chi connectivity index (χ0n) is 13.7. The fraction of sp³-hybridized carbons (Fsp3) is 0.278. The van der Waals surface area contributed by atoms with Gasteiger partial charge in [0.25, 0.3) is 5.56 Å². The molecule has 3 aromatic rings. The van der Waals surface area contributed by atoms with Gasteiger partial charge in [-0.1, -0.05) is 31.2 Å². The van der Waals surface area contributed by atoms with Crippen LogP contribution in [0, 0.1) is 6.92 Å². The molecule has 0 saturated heterocycles. The van der Waals surface area contributed by atoms with Crippen molar-refractivity contribution in [2.24, 2.45) is 0 Å². The number of benzene rings is 1. The van der Waals surface area contributed by atoms with Crippen molar-refractivity contribution in [1.82, 2.24) is 9.55 Å². The highest BCUT2D eigenvalue weighted by atomic mass is 32.1. The standard InChI is InChI=1S/C18H18N2O3S/c1-4-12-9-14-16(24-12)19-15(13-8-6-5-7-10(13)2)20(17(14)21)11(3)18(22)23/h5-9,11H,4H2,1-3H3,(H,22,23). The molecule has 0 fully saturated rings. The Bertz CT molecular complexity index is 988. The third kappa shape index (κ3) is 2.63. The van der Waals surface area contributed by atoms with Crippen LogP contribution in [-0.2, 0) is 11.2 Å². The molecule has 5 nitrogen and oxygen atoms in total. The molecule has 24 heavy (non-hydrogen) atoms. The van der Waals surface area contributed by atoms with Gasteiger partial charge in [-0.05, 0) is 31.9 Å². The zero-order valence-corrected chi connectivity index (χ0v) is 14.6. The monoisotopic (exact) mass is 342 g/mol. The zero-order chi connectivity index (χ0) is 17.4. The van der Waals surface area contributed by atoms with Crippen molar-refractivity contribution in [3.05, 3.63) is 51.1 Å². The quantitative estimate of drug-likeness (QED) is 0.786. The average Bonchev–Trinajstić information content (AvgIpc) is 2.98. The van der Waals surface area contributed by atoms with E-state index in [9.17, 15) is 14.7 Å². The highest BCUT2D eigenvalue weighted by Gasteiger charge is 2.23. The number of carboxylic acids is 1. The molecule has 0 spiro atoms. The molecule has 0 bridgehead atoms. The number of rotatable bonds is 4. The molecule has 2 aromatic heterocycles. The lowest BCUT2D eigenvalue weighted by atomic mass is 10.1. The maximum Gasteiger partial charge on any atom is 0.326 e. The Morgan fingerprint density at radius 1 is 1.38 bits per heavy atom. The minimum absolute atomic E-state index is 0.302. The minimum atomic E-state index is -1.06. The topological polar surface area (TPSA) is 72.2 Å². The molecule has 0 aliphatic rings. The Morgan fingerprint density at radius 2 is 2.08 bits per heavy atom. The summed E-state index contributed by atoms with van der Waals surface area (Å²) >= 11 is 1.48. The lowest BCUT2D eigenvalue weighted by Crippen LogP contribution is -2.30. The van der Waals surface area contributed by atoms with Gasteiger partial charge in [0.1, 0.15) is 16.7 Å². The molecule has 0 amide bonds. The molecule has 1 unspecified atom stereocenters. The summed E-state index contributed by atoms with van der Waals surface area (Å²) in [5, 5.41) is 9.93. The van der Waals surface area contributed by atoms with E-state index in [1.54, 1.807) is 0 Å². The number of carboxylic acid groups (broad SMARTS) is 1. The van der Waals surface area contributed by atoms with Crippen molar-refractivity contribution in [3.8, 4) is 11.4 Å². The van der Waals surface area contributed by atoms with E-state index in [0.717, 1.165) is 22.4 Å². The van der Waals surface area contributed by atoms with Gasteiger partial charge in [-0.15, -0.1) is 11.3 Å². The highest BCUT2D eigenvalue weighted by Crippen LogP contribution is 2.28. The molecule has 0 aliphatic heterocycles. The average molecular weight is 342 g/mol. The van der Waals surface area contributed by atoms with Crippen LogP contribution >= 0.6 is 11.3 Å². The Labute approximate surface area is 143 Å². The first kappa shape index (κ1) is 16.4. The van der Waals surface area contributed by atoms with Crippen molar-refractivity contribution < 1.29 is 9.90 Å². The number of aromatic nitrogens is 2. The van der Waals surface area contributed by atoms with Crippen LogP contribution in [0.5, 0.6) is 0 Å². The molecule has 1 N–H and O–H groups in total. The smallest absolute Gasteiger partial charge is 0.326 e. The second-order valence-corrected chi connectivity index (χ2v) is 6.84. The van der Waals surface area contributed by atoms with Crippen molar-refractivity contribution in [1.29, 1.82) is 0 Å². The maximum absolute atomic E-state index is 13.0. The molecule has 3 rings (SSSR count). The van der Waals surface area contributed by atoms with Crippen molar-refractivity contribution in [2.75, 3.05) is 0 Å². The molecule has 1 aromatic carbocycles. The maximum atomic E-state index is 13.0. The molecular weight excluding hydrogens is 324 g/mol. The van der Waals surface area contributed by atoms with Gasteiger partial charge in [0.15, 0.2) is 0 Å². The number of thiophene rings is 1. The molecule has 124 valence electrons. The first-order chi connectivity index (χ1) is 11.4. The summed E-state index contributed by atoms with van der Waals surface area (Å²) < 4.78 is 1.29. The number of carbonyl (C=O) groups is 1. The Balaban J connectivity index is 2.42. The van der Waals surface area contributed by atoms with Crippen molar-refractivity contribution >= 4 is 27.5 Å². The van der Waals surface area contributed by atoms with E-state index in [1.807, 2.05) is 44.2 Å². The number of aliphatic carboxylic acids is 1. The molecule has 0 radical (unpaired) electrons. The molecule has 0 aliphatic carbocycles. The fourth-order valence-corrected chi connectivity index (χ4v) is 3.66. The predicted molar refractivity (Wildman–Crippen MR) is 95.8 cm³/mol. The summed E-state index contributed by atoms with van der Waals surface area (Å²) in [6.07, 6.45) is 0.814. The van der Waals surface area contributed by atoms with Gasteiger partial charge in [-0.2, -0.15) is 0 Å². The minimum Gasteiger partial charge on any atom is -0.480 e. The third-order valence-electron chi connectivity index (χ3n) is 4.13. The number of hydrogen-bond donors (Lipinski definition) is 1. The van der Waals surface area contributed by atoms with E-state index in [0.29, 0.717) is 16.0 Å². The summed E-state index contributed by atoms with van der Waals surface area (Å²) in [7, 11) is 0. The summed E-state index contributed by atoms with van der Waals surface area (Å²) in [6, 6.07) is 8.38. The van der Waals surface area contributed by atoms with E-state index in [-0.39, 0.29) is 5.56 Å². The first-order valence-electron chi connectivity index (χ1n) is 7.77. The van der Waals surface area contributed by atoms with Gasteiger partial charge >= 0.3 is 5.97 Å². The second-order valence-electron chi connectivity index (χ2n) is 5.72. The van der Waals surface area contributed by atoms with E-state index in [1.165, 1.54) is 22.8 Å². The SMILES string of the molecule is CCc1cc2c(=O)n(C(C)C(=O)O)c(-c3ccccc3C)nc2s1. The van der Waals surface area contributed by atoms with Crippen LogP contribution in [0.25, 0.3) is 21.6 Å². The lowest BCUT2D eigenvalue weighted by Gasteiger charge is -2.17. The number of nitrogens with zero attached hydrogens (tertiary/aromatic N) is 2. The number of aryl methyl sites for hydroxylation is 2. The van der Waals surface area contributed by atoms with Crippen molar-refractivity contribution in [3.63, 3.8) is 0 Å². The predicted octanol–water partition coefficient (Wildman–Crippen LogP) is 3.64. The van der Waals surface area contributed by atoms with Crippen LogP contribution in [0.1, 0.15) is 30.3 Å². The second kappa shape index (κ2) is 6.20. The number of hydrogen-bond acceptors (Lipinski definition) is 4. The van der Waals surface area contributed by atoms with Crippen LogP contribution in [0.2, 0.25) is 0 Å². The summed E-state index contributed by atoms with van der Waals surface area (Å²) in [5.74, 6) is -0.649. The summed E-state index contributed by atoms with van der Waals surface area (Å²) in [5.41, 5.74) is 1.42. The van der Waals surface area contributed by atoms with E-state index >= 15 is 0 Å². The normalized spacial score (nSPS) is 12.5. The molecule has 1 atom stereocenters. The Morgan fingerprint density at radius 3 is 2.71 bits per heavy atom. The number of fused-ring (bicyclic) bond motifs is 1. The molecular formula is C18H18N2O3S. The molecule has 6 heteroatoms. The lowest BCUT2D eigenvalue weighted by molar-refractivity contribution is -0.140. The molecule has 0 saturated carbocycles. The van der Waals surface area contributed by atoms with E-state index in [4.69, 9.17) is 0 Å². The van der Waals surface area contributed by atoms with Crippen LogP contribution in [-0.4, -0.2) is 20.6 Å². The molecule has 2 heterocycles. The third-order valence-corrected chi connectivity index (χ3v) is 5.30. The fourth-order valence-electron chi connectivity index (χ4n) is 2.70. The first-order valence-corrected chi connectivity index (χ1v) is 8.59. The van der Waals surface area contributed by atoms with Gasteiger partial charge < -0.3 is 5.11 Å². The Kier molecular flexibility index (Phi) is 4.24. The Hall–Kier alpha value is -2.47. The van der Waals surface area contributed by atoms with Crippen LogP contribution in [0.15, 0.2) is 35.1 Å². The van der Waals surface area contributed by atoms with Gasteiger partial charge in [0.05, 0.1) is 5.39 Å². The summed E-state index contributed by atoms with van der Waals surface area (Å²) in [6.45, 7) is 5.45. The van der Waals surface area contributed by atoms with Gasteiger partial charge in [0, 0.05) is 10.4 Å². The largest absolute Gasteiger partial charge is 0.480 e. The van der Waals surface area contributed by atoms with Crippen molar-refractivity contribution in [2.45, 2.75) is 33.2 Å². The van der Waals surface area contributed by atoms with Crippen LogP contribution in [0.3, 0.4) is 0 Å². The van der Waals surface area contributed by atoms with E-state index < -0.39 is 12.0 Å². The van der Waals surface area contributed by atoms with Gasteiger partial charge in [-0.3, -0.25) is 9.36 Å². The highest BCUT2D eigenvalue weighted by molar-refractivity contribution is 7.18. The van der Waals surface area contributed by atoms with Gasteiger partial charge in [-0.25, -0.2) is 9.78 Å². The summed E-state index contributed by atoms with van der Waals surface area (Å²) in [4.78, 5) is 30.9. The van der Waals surface area contributed by atoms with Crippen LogP contribution in [0.4, 0.5) is 0 Å². The van der Waals surface area contributed by atoms with Gasteiger partial charge in [0.2, 0.25) is 0 Å². The van der Waals surface area contributed by atoms with E-state index in [2.05, 4.69) is 4.98 Å². The van der Waals surface area contributed by atoms with Crippen LogP contribution < -0.4 is 5.56 Å².